The maximum atomic E-state index is 11.3. The molecule has 0 fully saturated rings. The smallest absolute Gasteiger partial charge is 0.341 e. The zero-order valence-corrected chi connectivity index (χ0v) is 9.04. The molecule has 0 N–H and O–H groups in total. The Morgan fingerprint density at radius 1 is 1.60 bits per heavy atom. The lowest BCUT2D eigenvalue weighted by Gasteiger charge is -2.11. The first-order valence-electron chi connectivity index (χ1n) is 4.66. The van der Waals surface area contributed by atoms with E-state index in [2.05, 4.69) is 15.8 Å². The van der Waals surface area contributed by atoms with Gasteiger partial charge in [0.2, 0.25) is 0 Å². The Morgan fingerprint density at radius 2 is 2.40 bits per heavy atom. The SMILES string of the molecule is COC(=O)c1cc2c(nc1Cl)CCC=C2. The molecule has 0 atom stereocenters. The van der Waals surface area contributed by atoms with Crippen LogP contribution in [0.5, 0.6) is 0 Å². The van der Waals surface area contributed by atoms with Gasteiger partial charge in [-0.1, -0.05) is 23.8 Å². The Kier molecular flexibility index (Phi) is 2.73. The number of pyridine rings is 1. The van der Waals surface area contributed by atoms with Crippen molar-refractivity contribution in [2.24, 2.45) is 0 Å². The third kappa shape index (κ3) is 1.88. The number of rotatable bonds is 1. The molecule has 0 aromatic carbocycles. The molecule has 1 aromatic rings. The van der Waals surface area contributed by atoms with Crippen molar-refractivity contribution in [1.82, 2.24) is 4.98 Å². The number of carbonyl (C=O) groups is 1. The van der Waals surface area contributed by atoms with Crippen molar-refractivity contribution in [2.75, 3.05) is 7.11 Å². The summed E-state index contributed by atoms with van der Waals surface area (Å²) in [6.07, 6.45) is 5.84. The quantitative estimate of drug-likeness (QED) is 0.542. The number of aromatic nitrogens is 1. The van der Waals surface area contributed by atoms with E-state index in [9.17, 15) is 4.79 Å². The van der Waals surface area contributed by atoms with Crippen LogP contribution in [0.25, 0.3) is 6.08 Å². The van der Waals surface area contributed by atoms with Gasteiger partial charge in [0, 0.05) is 5.69 Å². The van der Waals surface area contributed by atoms with Crippen LogP contribution in [0.15, 0.2) is 12.1 Å². The number of fused-ring (bicyclic) bond motifs is 1. The fourth-order valence-corrected chi connectivity index (χ4v) is 1.80. The van der Waals surface area contributed by atoms with Gasteiger partial charge in [0.25, 0.3) is 0 Å². The Hall–Kier alpha value is -1.35. The average Bonchev–Trinajstić information content (AvgIpc) is 2.27. The topological polar surface area (TPSA) is 39.2 Å². The molecule has 1 aliphatic carbocycles. The summed E-state index contributed by atoms with van der Waals surface area (Å²) in [5.41, 5.74) is 2.21. The second-order valence-corrected chi connectivity index (χ2v) is 3.65. The van der Waals surface area contributed by atoms with E-state index in [1.807, 2.05) is 6.08 Å². The molecule has 1 heterocycles. The molecule has 3 nitrogen and oxygen atoms in total. The van der Waals surface area contributed by atoms with Gasteiger partial charge in [-0.3, -0.25) is 0 Å². The summed E-state index contributed by atoms with van der Waals surface area (Å²) < 4.78 is 4.62. The molecule has 0 saturated carbocycles. The predicted molar refractivity (Wildman–Crippen MR) is 57.9 cm³/mol. The number of carbonyl (C=O) groups excluding carboxylic acids is 1. The van der Waals surface area contributed by atoms with E-state index < -0.39 is 5.97 Å². The molecule has 2 rings (SSSR count). The number of esters is 1. The summed E-state index contributed by atoms with van der Waals surface area (Å²) in [6.45, 7) is 0. The lowest BCUT2D eigenvalue weighted by Crippen LogP contribution is -2.07. The highest BCUT2D eigenvalue weighted by Crippen LogP contribution is 2.23. The van der Waals surface area contributed by atoms with E-state index in [4.69, 9.17) is 11.6 Å². The van der Waals surface area contributed by atoms with Crippen LogP contribution in [-0.2, 0) is 11.2 Å². The zero-order valence-electron chi connectivity index (χ0n) is 8.29. The van der Waals surface area contributed by atoms with Gasteiger partial charge in [0.05, 0.1) is 12.7 Å². The zero-order chi connectivity index (χ0) is 10.8. The number of nitrogens with zero attached hydrogens (tertiary/aromatic N) is 1. The fraction of sp³-hybridized carbons (Fsp3) is 0.273. The summed E-state index contributed by atoms with van der Waals surface area (Å²) in [6, 6.07) is 1.73. The molecular formula is C11H10ClNO2. The maximum Gasteiger partial charge on any atom is 0.341 e. The van der Waals surface area contributed by atoms with Crippen molar-refractivity contribution < 1.29 is 9.53 Å². The summed E-state index contributed by atoms with van der Waals surface area (Å²) in [4.78, 5) is 15.5. The van der Waals surface area contributed by atoms with Gasteiger partial charge in [-0.05, 0) is 24.5 Å². The molecule has 0 spiro atoms. The number of methoxy groups -OCH3 is 1. The van der Waals surface area contributed by atoms with Crippen LogP contribution in [0.2, 0.25) is 5.15 Å². The molecule has 0 amide bonds. The monoisotopic (exact) mass is 223 g/mol. The number of ether oxygens (including phenoxy) is 1. The van der Waals surface area contributed by atoms with Crippen molar-refractivity contribution in [3.05, 3.63) is 34.1 Å². The number of hydrogen-bond acceptors (Lipinski definition) is 3. The van der Waals surface area contributed by atoms with Gasteiger partial charge in [-0.15, -0.1) is 0 Å². The Morgan fingerprint density at radius 3 is 3.13 bits per heavy atom. The first kappa shape index (κ1) is 10.2. The van der Waals surface area contributed by atoms with Crippen LogP contribution in [0, 0.1) is 0 Å². The summed E-state index contributed by atoms with van der Waals surface area (Å²) in [7, 11) is 1.33. The normalized spacial score (nSPS) is 13.5. The average molecular weight is 224 g/mol. The standard InChI is InChI=1S/C11H10ClNO2/c1-15-11(14)8-6-7-4-2-3-5-9(7)13-10(8)12/h2,4,6H,3,5H2,1H3. The minimum Gasteiger partial charge on any atom is -0.465 e. The van der Waals surface area contributed by atoms with Crippen molar-refractivity contribution in [3.63, 3.8) is 0 Å². The Balaban J connectivity index is 2.51. The highest BCUT2D eigenvalue weighted by molar-refractivity contribution is 6.32. The van der Waals surface area contributed by atoms with Crippen LogP contribution >= 0.6 is 11.6 Å². The van der Waals surface area contributed by atoms with E-state index >= 15 is 0 Å². The van der Waals surface area contributed by atoms with Crippen LogP contribution in [0.1, 0.15) is 28.0 Å². The van der Waals surface area contributed by atoms with Gasteiger partial charge in [-0.25, -0.2) is 9.78 Å². The molecule has 0 bridgehead atoms. The predicted octanol–water partition coefficient (Wildman–Crippen LogP) is 2.48. The van der Waals surface area contributed by atoms with Crippen molar-refractivity contribution in [1.29, 1.82) is 0 Å². The Labute approximate surface area is 92.7 Å². The second kappa shape index (κ2) is 4.03. The molecule has 1 aliphatic rings. The number of halogens is 1. The van der Waals surface area contributed by atoms with Gasteiger partial charge in [0.15, 0.2) is 0 Å². The lowest BCUT2D eigenvalue weighted by atomic mass is 10.0. The molecule has 15 heavy (non-hydrogen) atoms. The van der Waals surface area contributed by atoms with Crippen molar-refractivity contribution >= 4 is 23.6 Å². The molecule has 0 saturated heterocycles. The molecule has 78 valence electrons. The van der Waals surface area contributed by atoms with E-state index in [1.165, 1.54) is 7.11 Å². The van der Waals surface area contributed by atoms with Crippen LogP contribution in [0.4, 0.5) is 0 Å². The highest BCUT2D eigenvalue weighted by atomic mass is 35.5. The Bertz CT molecular complexity index is 440. The highest BCUT2D eigenvalue weighted by Gasteiger charge is 2.16. The number of aryl methyl sites for hydroxylation is 1. The third-order valence-corrected chi connectivity index (χ3v) is 2.63. The van der Waals surface area contributed by atoms with Gasteiger partial charge in [-0.2, -0.15) is 0 Å². The van der Waals surface area contributed by atoms with Crippen LogP contribution in [-0.4, -0.2) is 18.1 Å². The van der Waals surface area contributed by atoms with Gasteiger partial charge >= 0.3 is 5.97 Å². The first-order valence-corrected chi connectivity index (χ1v) is 5.04. The number of hydrogen-bond donors (Lipinski definition) is 0. The van der Waals surface area contributed by atoms with E-state index in [1.54, 1.807) is 6.07 Å². The third-order valence-electron chi connectivity index (χ3n) is 2.34. The minimum atomic E-state index is -0.450. The van der Waals surface area contributed by atoms with E-state index in [-0.39, 0.29) is 5.15 Å². The molecule has 1 aromatic heterocycles. The van der Waals surface area contributed by atoms with Crippen LogP contribution < -0.4 is 0 Å². The summed E-state index contributed by atoms with van der Waals surface area (Å²) in [5.74, 6) is -0.450. The first-order chi connectivity index (χ1) is 7.22. The molecule has 0 radical (unpaired) electrons. The largest absolute Gasteiger partial charge is 0.465 e. The van der Waals surface area contributed by atoms with E-state index in [0.29, 0.717) is 5.56 Å². The van der Waals surface area contributed by atoms with Gasteiger partial charge < -0.3 is 4.74 Å². The van der Waals surface area contributed by atoms with Crippen LogP contribution in [0.3, 0.4) is 0 Å². The van der Waals surface area contributed by atoms with Gasteiger partial charge in [0.1, 0.15) is 5.15 Å². The van der Waals surface area contributed by atoms with Crippen molar-refractivity contribution in [2.45, 2.75) is 12.8 Å². The van der Waals surface area contributed by atoms with Crippen molar-refractivity contribution in [3.8, 4) is 0 Å². The maximum absolute atomic E-state index is 11.3. The minimum absolute atomic E-state index is 0.218. The summed E-state index contributed by atoms with van der Waals surface area (Å²) in [5, 5.41) is 0.218. The lowest BCUT2D eigenvalue weighted by molar-refractivity contribution is 0.0600. The number of allylic oxidation sites excluding steroid dienone is 1. The molecule has 0 aliphatic heterocycles. The molecule has 4 heteroatoms. The second-order valence-electron chi connectivity index (χ2n) is 3.30. The molecular weight excluding hydrogens is 214 g/mol. The summed E-state index contributed by atoms with van der Waals surface area (Å²) >= 11 is 5.90. The molecule has 0 unspecified atom stereocenters. The van der Waals surface area contributed by atoms with E-state index in [0.717, 1.165) is 24.1 Å². The fourth-order valence-electron chi connectivity index (χ4n) is 1.57.